The Balaban J connectivity index is 0. The van der Waals surface area contributed by atoms with Crippen LogP contribution >= 0.6 is 11.9 Å². The number of benzene rings is 2. The highest BCUT2D eigenvalue weighted by molar-refractivity contribution is 7.97. The number of aryl methyl sites for hydroxylation is 1. The summed E-state index contributed by atoms with van der Waals surface area (Å²) in [5.74, 6) is 6.37. The summed E-state index contributed by atoms with van der Waals surface area (Å²) in [6.07, 6.45) is 3.02. The van der Waals surface area contributed by atoms with Crippen molar-refractivity contribution in [2.75, 3.05) is 18.1 Å². The van der Waals surface area contributed by atoms with E-state index in [2.05, 4.69) is 29.3 Å². The van der Waals surface area contributed by atoms with Crippen LogP contribution in [0.2, 0.25) is 0 Å². The summed E-state index contributed by atoms with van der Waals surface area (Å²) in [5.41, 5.74) is 2.48. The lowest BCUT2D eigenvalue weighted by Crippen LogP contribution is -2.39. The van der Waals surface area contributed by atoms with E-state index in [1.165, 1.54) is 11.1 Å². The van der Waals surface area contributed by atoms with Crippen LogP contribution in [0, 0.1) is 12.7 Å². The normalized spacial score (nSPS) is 9.79. The fourth-order valence-corrected chi connectivity index (χ4v) is 2.83. The highest BCUT2D eigenvalue weighted by Crippen LogP contribution is 2.23. The van der Waals surface area contributed by atoms with Crippen LogP contribution < -0.4 is 16.0 Å². The van der Waals surface area contributed by atoms with Gasteiger partial charge in [0.25, 0.3) is 0 Å². The first kappa shape index (κ1) is 32.7. The van der Waals surface area contributed by atoms with Crippen molar-refractivity contribution < 1.29 is 4.39 Å². The van der Waals surface area contributed by atoms with Crippen LogP contribution in [0.15, 0.2) is 70.0 Å². The molecule has 5 nitrogen and oxygen atoms in total. The van der Waals surface area contributed by atoms with Crippen molar-refractivity contribution in [3.8, 4) is 0 Å². The van der Waals surface area contributed by atoms with Gasteiger partial charge in [0.2, 0.25) is 0 Å². The topological polar surface area (TPSA) is 80.0 Å². The zero-order valence-corrected chi connectivity index (χ0v) is 22.0. The molecule has 0 radical (unpaired) electrons. The second-order valence-electron chi connectivity index (χ2n) is 6.27. The third-order valence-corrected chi connectivity index (χ3v) is 4.33. The predicted molar refractivity (Wildman–Crippen MR) is 148 cm³/mol. The Morgan fingerprint density at radius 3 is 2.27 bits per heavy atom. The Hall–Kier alpha value is -2.48. The molecule has 0 fully saturated rings. The van der Waals surface area contributed by atoms with Gasteiger partial charge in [0, 0.05) is 24.4 Å². The lowest BCUT2D eigenvalue weighted by molar-refractivity contribution is 0.623. The molecule has 2 aromatic rings. The summed E-state index contributed by atoms with van der Waals surface area (Å²) < 4.78 is 14.4. The van der Waals surface area contributed by atoms with Crippen molar-refractivity contribution in [2.24, 2.45) is 21.0 Å². The number of allylic oxidation sites excluding steroid dienone is 1. The van der Waals surface area contributed by atoms with E-state index in [1.807, 2.05) is 59.7 Å². The first-order chi connectivity index (χ1) is 16.0. The van der Waals surface area contributed by atoms with E-state index in [4.69, 9.17) is 11.0 Å². The zero-order valence-electron chi connectivity index (χ0n) is 21.1. The maximum Gasteiger partial charge on any atom is 0.149 e. The van der Waals surface area contributed by atoms with Gasteiger partial charge in [-0.2, -0.15) is 0 Å². The fraction of sp³-hybridized carbons (Fsp3) is 0.385. The molecule has 2 rings (SSSR count). The van der Waals surface area contributed by atoms with Crippen molar-refractivity contribution in [3.63, 3.8) is 0 Å². The van der Waals surface area contributed by atoms with Crippen LogP contribution in [0.1, 0.15) is 52.2 Å². The molecule has 0 saturated carbocycles. The minimum atomic E-state index is -0.437. The summed E-state index contributed by atoms with van der Waals surface area (Å²) in [6, 6.07) is 12.8. The minimum absolute atomic E-state index is 0.260. The van der Waals surface area contributed by atoms with Crippen LogP contribution in [0.25, 0.3) is 0 Å². The lowest BCUT2D eigenvalue weighted by atomic mass is 10.1. The molecule has 184 valence electrons. The van der Waals surface area contributed by atoms with E-state index >= 15 is 0 Å². The molecular weight excluding hydrogens is 433 g/mol. The maximum absolute atomic E-state index is 14.4. The summed E-state index contributed by atoms with van der Waals surface area (Å²) in [5, 5.41) is 6.79. The summed E-state index contributed by atoms with van der Waals surface area (Å²) >= 11 is 0.989. The molecule has 0 spiro atoms. The Morgan fingerprint density at radius 2 is 1.76 bits per heavy atom. The fourth-order valence-electron chi connectivity index (χ4n) is 2.51. The Bertz CT molecular complexity index is 824. The molecule has 0 aliphatic rings. The number of amidine groups is 1. The van der Waals surface area contributed by atoms with Crippen LogP contribution in [0.3, 0.4) is 0 Å². The third-order valence-electron chi connectivity index (χ3n) is 3.81. The van der Waals surface area contributed by atoms with Gasteiger partial charge in [-0.3, -0.25) is 15.1 Å². The quantitative estimate of drug-likeness (QED) is 0.0841. The van der Waals surface area contributed by atoms with Gasteiger partial charge >= 0.3 is 0 Å². The average molecular weight is 476 g/mol. The van der Waals surface area contributed by atoms with Crippen LogP contribution in [0.4, 0.5) is 10.1 Å². The Kier molecular flexibility index (Phi) is 21.2. The van der Waals surface area contributed by atoms with Gasteiger partial charge in [0.1, 0.15) is 11.7 Å². The third kappa shape index (κ3) is 13.6. The summed E-state index contributed by atoms with van der Waals surface area (Å²) in [6.45, 7) is 19.9. The van der Waals surface area contributed by atoms with Gasteiger partial charge < -0.3 is 4.99 Å². The molecule has 33 heavy (non-hydrogen) atoms. The van der Waals surface area contributed by atoms with E-state index in [9.17, 15) is 4.39 Å². The first-order valence-electron chi connectivity index (χ1n) is 11.3. The van der Waals surface area contributed by atoms with E-state index in [0.29, 0.717) is 30.2 Å². The average Bonchev–Trinajstić information content (AvgIpc) is 2.83. The molecule has 0 saturated heterocycles. The van der Waals surface area contributed by atoms with Gasteiger partial charge in [-0.05, 0) is 62.7 Å². The SMILES string of the molecule is C=CC.C=NCCCN=C(Cc1cccc(C)c1)N(N)c1ccc(SN)cc1F.CC.CC. The van der Waals surface area contributed by atoms with Crippen molar-refractivity contribution in [1.29, 1.82) is 0 Å². The second-order valence-corrected chi connectivity index (χ2v) is 6.98. The van der Waals surface area contributed by atoms with E-state index in [1.54, 1.807) is 18.2 Å². The molecule has 0 bridgehead atoms. The second kappa shape index (κ2) is 21.4. The number of anilines is 1. The number of hydrazine groups is 1. The van der Waals surface area contributed by atoms with E-state index < -0.39 is 5.82 Å². The molecule has 0 aliphatic carbocycles. The molecule has 2 aromatic carbocycles. The number of hydrogen-bond acceptors (Lipinski definition) is 5. The van der Waals surface area contributed by atoms with E-state index in [0.717, 1.165) is 29.5 Å². The van der Waals surface area contributed by atoms with Gasteiger partial charge in [-0.25, -0.2) is 10.2 Å². The van der Waals surface area contributed by atoms with Crippen molar-refractivity contribution in [2.45, 2.75) is 59.3 Å². The van der Waals surface area contributed by atoms with Crippen LogP contribution in [0.5, 0.6) is 0 Å². The van der Waals surface area contributed by atoms with Gasteiger partial charge in [0.15, 0.2) is 0 Å². The molecular formula is C26H42FN5S. The molecule has 0 heterocycles. The highest BCUT2D eigenvalue weighted by atomic mass is 32.2. The van der Waals surface area contributed by atoms with Gasteiger partial charge in [-0.15, -0.1) is 6.58 Å². The van der Waals surface area contributed by atoms with Crippen LogP contribution in [-0.2, 0) is 6.42 Å². The van der Waals surface area contributed by atoms with Gasteiger partial charge in [0.05, 0.1) is 5.69 Å². The number of halogens is 1. The smallest absolute Gasteiger partial charge is 0.149 e. The molecule has 7 heteroatoms. The number of nitrogens with zero attached hydrogens (tertiary/aromatic N) is 3. The minimum Gasteiger partial charge on any atom is -0.301 e. The maximum atomic E-state index is 14.4. The molecule has 0 unspecified atom stereocenters. The predicted octanol–water partition coefficient (Wildman–Crippen LogP) is 6.76. The van der Waals surface area contributed by atoms with Crippen molar-refractivity contribution >= 4 is 30.2 Å². The molecule has 0 aromatic heterocycles. The molecule has 0 aliphatic heterocycles. The monoisotopic (exact) mass is 475 g/mol. The standard InChI is InChI=1S/C19H24FN5S.C3H6.2C2H6/c1-14-5-3-6-15(11-14)12-19(24-10-4-9-23-2)25(21)18-8-7-16(26-22)13-17(18)20;1-3-2;2*1-2/h3,5-8,11,13H,2,4,9-10,12,21-22H2,1H3;3H,1H2,2H3;2*1-2H3. The summed E-state index contributed by atoms with van der Waals surface area (Å²) in [4.78, 5) is 9.04. The van der Waals surface area contributed by atoms with Gasteiger partial charge in [-0.1, -0.05) is 63.6 Å². The largest absolute Gasteiger partial charge is 0.301 e. The number of nitrogens with two attached hydrogens (primary N) is 2. The summed E-state index contributed by atoms with van der Waals surface area (Å²) in [7, 11) is 0. The molecule has 0 atom stereocenters. The van der Waals surface area contributed by atoms with Crippen LogP contribution in [-0.4, -0.2) is 25.6 Å². The molecule has 0 amide bonds. The number of rotatable bonds is 8. The zero-order chi connectivity index (χ0) is 25.6. The van der Waals surface area contributed by atoms with E-state index in [-0.39, 0.29) is 5.69 Å². The van der Waals surface area contributed by atoms with Crippen molar-refractivity contribution in [3.05, 3.63) is 72.1 Å². The lowest BCUT2D eigenvalue weighted by Gasteiger charge is -2.22. The van der Waals surface area contributed by atoms with Crippen molar-refractivity contribution in [1.82, 2.24) is 0 Å². The Morgan fingerprint density at radius 1 is 1.12 bits per heavy atom. The first-order valence-corrected chi connectivity index (χ1v) is 12.1. The molecule has 4 N–H and O–H groups in total. The number of hydrogen-bond donors (Lipinski definition) is 2. The highest BCUT2D eigenvalue weighted by Gasteiger charge is 2.15. The Labute approximate surface area is 205 Å². The number of aliphatic imine (C=N–C) groups is 2.